The molecule has 0 fully saturated rings. The summed E-state index contributed by atoms with van der Waals surface area (Å²) >= 11 is 5.79. The van der Waals surface area contributed by atoms with Crippen LogP contribution in [0.3, 0.4) is 0 Å². The molecule has 0 aliphatic heterocycles. The zero-order chi connectivity index (χ0) is 15.3. The molecule has 3 N–H and O–H groups in total. The summed E-state index contributed by atoms with van der Waals surface area (Å²) in [5, 5.41) is 3.37. The fourth-order valence-corrected chi connectivity index (χ4v) is 2.44. The first-order valence-corrected chi connectivity index (χ1v) is 8.62. The molecule has 1 unspecified atom stereocenters. The van der Waals surface area contributed by atoms with Gasteiger partial charge in [-0.25, -0.2) is 8.42 Å². The minimum absolute atomic E-state index is 0.100. The van der Waals surface area contributed by atoms with Crippen LogP contribution in [0.5, 0.6) is 0 Å². The van der Waals surface area contributed by atoms with E-state index in [0.717, 1.165) is 11.8 Å². The summed E-state index contributed by atoms with van der Waals surface area (Å²) < 4.78 is 22.1. The number of halogens is 1. The lowest BCUT2D eigenvalue weighted by Crippen LogP contribution is -2.42. The molecular formula is C13H19ClN2O3S. The molecule has 0 aromatic heterocycles. The van der Waals surface area contributed by atoms with Crippen molar-refractivity contribution in [2.75, 3.05) is 12.0 Å². The Bertz CT molecular complexity index is 557. The summed E-state index contributed by atoms with van der Waals surface area (Å²) in [6.45, 7) is 1.82. The van der Waals surface area contributed by atoms with Crippen molar-refractivity contribution in [1.82, 2.24) is 5.32 Å². The molecular weight excluding hydrogens is 300 g/mol. The highest BCUT2D eigenvalue weighted by Gasteiger charge is 2.18. The quantitative estimate of drug-likeness (QED) is 0.827. The van der Waals surface area contributed by atoms with Gasteiger partial charge in [0.1, 0.15) is 9.84 Å². The van der Waals surface area contributed by atoms with E-state index in [1.807, 2.05) is 19.1 Å². The molecule has 7 heteroatoms. The lowest BCUT2D eigenvalue weighted by molar-refractivity contribution is -0.123. The normalized spacial score (nSPS) is 14.6. The van der Waals surface area contributed by atoms with E-state index < -0.39 is 15.9 Å². The number of nitrogens with one attached hydrogen (secondary N) is 1. The minimum Gasteiger partial charge on any atom is -0.348 e. The molecule has 112 valence electrons. The van der Waals surface area contributed by atoms with Crippen molar-refractivity contribution in [2.45, 2.75) is 25.4 Å². The summed E-state index contributed by atoms with van der Waals surface area (Å²) in [5.41, 5.74) is 6.58. The van der Waals surface area contributed by atoms with Crippen molar-refractivity contribution >= 4 is 27.3 Å². The number of sulfone groups is 1. The fraction of sp³-hybridized carbons (Fsp3) is 0.462. The van der Waals surface area contributed by atoms with E-state index in [9.17, 15) is 13.2 Å². The molecule has 0 spiro atoms. The average Bonchev–Trinajstić information content (AvgIpc) is 2.35. The van der Waals surface area contributed by atoms with Gasteiger partial charge in [0.05, 0.1) is 17.8 Å². The lowest BCUT2D eigenvalue weighted by Gasteiger charge is -2.17. The SMILES string of the molecule is C[C@H](NC(=O)C(N)CCS(C)(=O)=O)c1ccc(Cl)cc1. The van der Waals surface area contributed by atoms with Gasteiger partial charge in [-0.15, -0.1) is 0 Å². The van der Waals surface area contributed by atoms with Crippen LogP contribution >= 0.6 is 11.6 Å². The third-order valence-electron chi connectivity index (χ3n) is 2.87. The van der Waals surface area contributed by atoms with Crippen LogP contribution in [0.4, 0.5) is 0 Å². The predicted octanol–water partition coefficient (Wildman–Crippen LogP) is 1.28. The van der Waals surface area contributed by atoms with E-state index in [-0.39, 0.29) is 24.1 Å². The van der Waals surface area contributed by atoms with Crippen molar-refractivity contribution in [3.05, 3.63) is 34.9 Å². The molecule has 0 saturated carbocycles. The molecule has 1 aromatic carbocycles. The highest BCUT2D eigenvalue weighted by molar-refractivity contribution is 7.90. The Kier molecular flexibility index (Phi) is 5.98. The maximum Gasteiger partial charge on any atom is 0.237 e. The molecule has 5 nitrogen and oxygen atoms in total. The Labute approximate surface area is 124 Å². The van der Waals surface area contributed by atoms with E-state index in [2.05, 4.69) is 5.32 Å². The molecule has 1 rings (SSSR count). The Morgan fingerprint density at radius 3 is 2.40 bits per heavy atom. The summed E-state index contributed by atoms with van der Waals surface area (Å²) in [5.74, 6) is -0.465. The first kappa shape index (κ1) is 16.9. The van der Waals surface area contributed by atoms with Crippen LogP contribution in [-0.2, 0) is 14.6 Å². The number of amides is 1. The average molecular weight is 319 g/mol. The molecule has 0 heterocycles. The van der Waals surface area contributed by atoms with Crippen LogP contribution in [-0.4, -0.2) is 32.4 Å². The van der Waals surface area contributed by atoms with Crippen molar-refractivity contribution in [2.24, 2.45) is 5.73 Å². The third kappa shape index (κ3) is 5.90. The van der Waals surface area contributed by atoms with Gasteiger partial charge in [-0.1, -0.05) is 23.7 Å². The van der Waals surface area contributed by atoms with Gasteiger partial charge in [-0.2, -0.15) is 0 Å². The molecule has 0 aliphatic carbocycles. The standard InChI is InChI=1S/C13H19ClN2O3S/c1-9(10-3-5-11(14)6-4-10)16-13(17)12(15)7-8-20(2,18)19/h3-6,9,12H,7-8,15H2,1-2H3,(H,16,17)/t9-,12?/m0/s1. The van der Waals surface area contributed by atoms with Gasteiger partial charge in [0.25, 0.3) is 0 Å². The van der Waals surface area contributed by atoms with Crippen molar-refractivity contribution in [3.63, 3.8) is 0 Å². The third-order valence-corrected chi connectivity index (χ3v) is 4.09. The van der Waals surface area contributed by atoms with Crippen LogP contribution in [0.25, 0.3) is 0 Å². The number of rotatable bonds is 6. The summed E-state index contributed by atoms with van der Waals surface area (Å²) in [6.07, 6.45) is 1.23. The summed E-state index contributed by atoms with van der Waals surface area (Å²) in [7, 11) is -3.11. The zero-order valence-electron chi connectivity index (χ0n) is 11.5. The second-order valence-electron chi connectivity index (χ2n) is 4.81. The Hall–Kier alpha value is -1.11. The number of carbonyl (C=O) groups is 1. The number of nitrogens with two attached hydrogens (primary N) is 1. The topological polar surface area (TPSA) is 89.3 Å². The molecule has 0 aliphatic rings. The zero-order valence-corrected chi connectivity index (χ0v) is 13.0. The summed E-state index contributed by atoms with van der Waals surface area (Å²) in [4.78, 5) is 11.9. The van der Waals surface area contributed by atoms with E-state index in [1.165, 1.54) is 0 Å². The maximum atomic E-state index is 11.9. The summed E-state index contributed by atoms with van der Waals surface area (Å²) in [6, 6.07) is 6.06. The largest absolute Gasteiger partial charge is 0.348 e. The predicted molar refractivity (Wildman–Crippen MR) is 80.3 cm³/mol. The van der Waals surface area contributed by atoms with Crippen LogP contribution in [0, 0.1) is 0 Å². The molecule has 2 atom stereocenters. The van der Waals surface area contributed by atoms with Crippen LogP contribution in [0.2, 0.25) is 5.02 Å². The lowest BCUT2D eigenvalue weighted by atomic mass is 10.1. The molecule has 1 aromatic rings. The molecule has 0 bridgehead atoms. The van der Waals surface area contributed by atoms with Gasteiger partial charge in [0, 0.05) is 11.3 Å². The van der Waals surface area contributed by atoms with E-state index in [4.69, 9.17) is 17.3 Å². The first-order valence-electron chi connectivity index (χ1n) is 6.18. The van der Waals surface area contributed by atoms with Gasteiger partial charge in [-0.05, 0) is 31.0 Å². The maximum absolute atomic E-state index is 11.9. The highest BCUT2D eigenvalue weighted by Crippen LogP contribution is 2.16. The van der Waals surface area contributed by atoms with Gasteiger partial charge in [-0.3, -0.25) is 4.79 Å². The monoisotopic (exact) mass is 318 g/mol. The van der Waals surface area contributed by atoms with Crippen LogP contribution in [0.1, 0.15) is 24.9 Å². The second kappa shape index (κ2) is 7.06. The number of hydrogen-bond acceptors (Lipinski definition) is 4. The van der Waals surface area contributed by atoms with Gasteiger partial charge < -0.3 is 11.1 Å². The molecule has 0 radical (unpaired) electrons. The molecule has 1 amide bonds. The second-order valence-corrected chi connectivity index (χ2v) is 7.50. The van der Waals surface area contributed by atoms with Crippen LogP contribution < -0.4 is 11.1 Å². The van der Waals surface area contributed by atoms with Crippen molar-refractivity contribution in [1.29, 1.82) is 0 Å². The molecule has 20 heavy (non-hydrogen) atoms. The number of benzene rings is 1. The number of hydrogen-bond donors (Lipinski definition) is 2. The minimum atomic E-state index is -3.11. The van der Waals surface area contributed by atoms with Crippen LogP contribution in [0.15, 0.2) is 24.3 Å². The molecule has 0 saturated heterocycles. The first-order chi connectivity index (χ1) is 9.19. The Morgan fingerprint density at radius 2 is 1.90 bits per heavy atom. The van der Waals surface area contributed by atoms with Crippen molar-refractivity contribution < 1.29 is 13.2 Å². The highest BCUT2D eigenvalue weighted by atomic mass is 35.5. The Balaban J connectivity index is 2.54. The van der Waals surface area contributed by atoms with E-state index >= 15 is 0 Å². The van der Waals surface area contributed by atoms with E-state index in [1.54, 1.807) is 12.1 Å². The van der Waals surface area contributed by atoms with Crippen molar-refractivity contribution in [3.8, 4) is 0 Å². The van der Waals surface area contributed by atoms with Gasteiger partial charge >= 0.3 is 0 Å². The van der Waals surface area contributed by atoms with E-state index in [0.29, 0.717) is 5.02 Å². The fourth-order valence-electron chi connectivity index (χ4n) is 1.63. The van der Waals surface area contributed by atoms with Gasteiger partial charge in [0.15, 0.2) is 0 Å². The van der Waals surface area contributed by atoms with Gasteiger partial charge in [0.2, 0.25) is 5.91 Å². The smallest absolute Gasteiger partial charge is 0.237 e. The Morgan fingerprint density at radius 1 is 1.35 bits per heavy atom. The number of carbonyl (C=O) groups excluding carboxylic acids is 1.